The molecule has 4 nitrogen and oxygen atoms in total. The van der Waals surface area contributed by atoms with Gasteiger partial charge >= 0.3 is 12.3 Å². The third kappa shape index (κ3) is 2.75. The van der Waals surface area contributed by atoms with Gasteiger partial charge in [-0.2, -0.15) is 13.2 Å². The van der Waals surface area contributed by atoms with Crippen molar-refractivity contribution in [3.63, 3.8) is 0 Å². The van der Waals surface area contributed by atoms with E-state index in [1.807, 2.05) is 0 Å². The first-order valence-corrected chi connectivity index (χ1v) is 5.88. The summed E-state index contributed by atoms with van der Waals surface area (Å²) in [5.74, 6) is 0.197. The van der Waals surface area contributed by atoms with Crippen LogP contribution in [0.4, 0.5) is 23.8 Å². The molecule has 104 valence electrons. The van der Waals surface area contributed by atoms with Crippen LogP contribution >= 0.6 is 11.6 Å². The zero-order chi connectivity index (χ0) is 14.3. The smallest absolute Gasteiger partial charge is 0.417 e. The van der Waals surface area contributed by atoms with Gasteiger partial charge in [-0.05, 0) is 19.1 Å². The Hall–Kier alpha value is -1.50. The van der Waals surface area contributed by atoms with Gasteiger partial charge in [0.25, 0.3) is 0 Å². The minimum Gasteiger partial charge on any atom is -0.440 e. The molecule has 1 amide bonds. The van der Waals surface area contributed by atoms with Crippen LogP contribution in [0.2, 0.25) is 0 Å². The van der Waals surface area contributed by atoms with Crippen LogP contribution in [-0.4, -0.2) is 29.1 Å². The molecular formula is C11H10ClF3N2O2. The van der Waals surface area contributed by atoms with E-state index in [4.69, 9.17) is 16.3 Å². The normalized spacial score (nSPS) is 23.6. The van der Waals surface area contributed by atoms with E-state index in [1.54, 1.807) is 6.92 Å². The molecule has 1 aliphatic rings. The Morgan fingerprint density at radius 1 is 1.53 bits per heavy atom. The molecular weight excluding hydrogens is 285 g/mol. The molecule has 1 aromatic heterocycles. The van der Waals surface area contributed by atoms with Crippen molar-refractivity contribution in [1.29, 1.82) is 0 Å². The Morgan fingerprint density at radius 2 is 2.21 bits per heavy atom. The zero-order valence-corrected chi connectivity index (χ0v) is 10.6. The van der Waals surface area contributed by atoms with Crippen LogP contribution in [0.15, 0.2) is 18.3 Å². The number of alkyl halides is 4. The van der Waals surface area contributed by atoms with Gasteiger partial charge in [0.1, 0.15) is 11.4 Å². The second-order valence-corrected chi connectivity index (χ2v) is 4.71. The molecule has 1 saturated heterocycles. The molecule has 0 N–H and O–H groups in total. The molecule has 0 bridgehead atoms. The lowest BCUT2D eigenvalue weighted by atomic mass is 10.1. The van der Waals surface area contributed by atoms with E-state index < -0.39 is 23.4 Å². The molecule has 0 aromatic carbocycles. The number of aromatic nitrogens is 1. The number of pyridine rings is 1. The van der Waals surface area contributed by atoms with Crippen molar-refractivity contribution in [2.24, 2.45) is 0 Å². The molecule has 0 saturated carbocycles. The van der Waals surface area contributed by atoms with Crippen molar-refractivity contribution < 1.29 is 22.7 Å². The van der Waals surface area contributed by atoms with E-state index in [0.717, 1.165) is 17.0 Å². The van der Waals surface area contributed by atoms with Crippen LogP contribution in [0, 0.1) is 0 Å². The van der Waals surface area contributed by atoms with Gasteiger partial charge < -0.3 is 4.74 Å². The maximum absolute atomic E-state index is 12.4. The topological polar surface area (TPSA) is 42.4 Å². The monoisotopic (exact) mass is 294 g/mol. The Balaban J connectivity index is 2.22. The van der Waals surface area contributed by atoms with E-state index >= 15 is 0 Å². The molecule has 2 heterocycles. The van der Waals surface area contributed by atoms with E-state index in [0.29, 0.717) is 6.20 Å². The minimum absolute atomic E-state index is 0.0931. The van der Waals surface area contributed by atoms with Crippen molar-refractivity contribution in [3.05, 3.63) is 23.9 Å². The zero-order valence-electron chi connectivity index (χ0n) is 9.87. The van der Waals surface area contributed by atoms with Crippen LogP contribution in [0.25, 0.3) is 0 Å². The molecule has 1 fully saturated rings. The number of amides is 1. The summed E-state index contributed by atoms with van der Waals surface area (Å²) in [4.78, 5) is 16.4. The van der Waals surface area contributed by atoms with Crippen molar-refractivity contribution in [1.82, 2.24) is 4.98 Å². The van der Waals surface area contributed by atoms with E-state index in [-0.39, 0.29) is 18.2 Å². The molecule has 0 radical (unpaired) electrons. The summed E-state index contributed by atoms with van der Waals surface area (Å²) in [5.41, 5.74) is -1.73. The summed E-state index contributed by atoms with van der Waals surface area (Å²) < 4.78 is 42.2. The quantitative estimate of drug-likeness (QED) is 0.787. The number of hydrogen-bond donors (Lipinski definition) is 0. The number of ether oxygens (including phenoxy) is 1. The molecule has 1 atom stereocenters. The molecule has 2 rings (SSSR count). The molecule has 0 spiro atoms. The molecule has 0 aliphatic carbocycles. The average molecular weight is 295 g/mol. The summed E-state index contributed by atoms with van der Waals surface area (Å²) >= 11 is 5.68. The van der Waals surface area contributed by atoms with Crippen molar-refractivity contribution in [2.45, 2.75) is 18.7 Å². The number of cyclic esters (lactones) is 1. The minimum atomic E-state index is -4.46. The second-order valence-electron chi connectivity index (χ2n) is 4.44. The number of anilines is 1. The van der Waals surface area contributed by atoms with Gasteiger partial charge in [0.2, 0.25) is 0 Å². The van der Waals surface area contributed by atoms with Gasteiger partial charge in [-0.3, -0.25) is 4.90 Å². The number of rotatable bonds is 2. The maximum atomic E-state index is 12.4. The van der Waals surface area contributed by atoms with E-state index in [2.05, 4.69) is 4.98 Å². The summed E-state index contributed by atoms with van der Waals surface area (Å²) in [6, 6.07) is 2.00. The first-order valence-electron chi connectivity index (χ1n) is 5.35. The fraction of sp³-hybridized carbons (Fsp3) is 0.455. The van der Waals surface area contributed by atoms with Gasteiger partial charge in [0.15, 0.2) is 0 Å². The van der Waals surface area contributed by atoms with Gasteiger partial charge in [-0.1, -0.05) is 0 Å². The summed E-state index contributed by atoms with van der Waals surface area (Å²) in [6.45, 7) is 1.79. The highest BCUT2D eigenvalue weighted by molar-refractivity contribution is 6.18. The predicted octanol–water partition coefficient (Wildman–Crippen LogP) is 3.05. The Labute approximate surface area is 112 Å². The van der Waals surface area contributed by atoms with Crippen molar-refractivity contribution in [3.8, 4) is 0 Å². The van der Waals surface area contributed by atoms with Gasteiger partial charge in [0.05, 0.1) is 18.0 Å². The van der Waals surface area contributed by atoms with Crippen LogP contribution in [-0.2, 0) is 10.9 Å². The third-order valence-corrected chi connectivity index (χ3v) is 3.25. The first-order chi connectivity index (χ1) is 8.75. The van der Waals surface area contributed by atoms with E-state index in [1.165, 1.54) is 0 Å². The highest BCUT2D eigenvalue weighted by atomic mass is 35.5. The lowest BCUT2D eigenvalue weighted by Gasteiger charge is -2.17. The Morgan fingerprint density at radius 3 is 2.63 bits per heavy atom. The van der Waals surface area contributed by atoms with Crippen LogP contribution in [0.1, 0.15) is 12.5 Å². The maximum Gasteiger partial charge on any atom is 0.417 e. The number of hydrogen-bond acceptors (Lipinski definition) is 3. The largest absolute Gasteiger partial charge is 0.440 e. The molecule has 1 aromatic rings. The van der Waals surface area contributed by atoms with Crippen LogP contribution < -0.4 is 4.90 Å². The van der Waals surface area contributed by atoms with Crippen LogP contribution in [0.5, 0.6) is 0 Å². The number of halogens is 4. The summed E-state index contributed by atoms with van der Waals surface area (Å²) in [6.07, 6.45) is -4.45. The van der Waals surface area contributed by atoms with Crippen molar-refractivity contribution in [2.75, 3.05) is 17.3 Å². The highest BCUT2D eigenvalue weighted by Gasteiger charge is 2.42. The molecule has 19 heavy (non-hydrogen) atoms. The molecule has 1 aliphatic heterocycles. The number of carbonyl (C=O) groups excluding carboxylic acids is 1. The average Bonchev–Trinajstić information content (AvgIpc) is 2.65. The first kappa shape index (κ1) is 13.9. The molecule has 8 heteroatoms. The second kappa shape index (κ2) is 4.56. The SMILES string of the molecule is C[C@]1(CCl)CN(c2ccc(C(F)(F)F)cn2)C(=O)O1. The Kier molecular flexibility index (Phi) is 3.34. The van der Waals surface area contributed by atoms with E-state index in [9.17, 15) is 18.0 Å². The summed E-state index contributed by atoms with van der Waals surface area (Å²) in [7, 11) is 0. The Bertz CT molecular complexity index is 492. The standard InChI is InChI=1S/C11H10ClF3N2O2/c1-10(5-12)6-17(9(18)19-10)8-3-2-7(4-16-8)11(13,14)15/h2-4H,5-6H2,1H3/t10-/m0/s1. The van der Waals surface area contributed by atoms with Gasteiger partial charge in [0, 0.05) is 6.20 Å². The van der Waals surface area contributed by atoms with Crippen LogP contribution in [0.3, 0.4) is 0 Å². The molecule has 0 unspecified atom stereocenters. The highest BCUT2D eigenvalue weighted by Crippen LogP contribution is 2.31. The van der Waals surface area contributed by atoms with Gasteiger partial charge in [-0.15, -0.1) is 11.6 Å². The lowest BCUT2D eigenvalue weighted by molar-refractivity contribution is -0.137. The lowest BCUT2D eigenvalue weighted by Crippen LogP contribution is -2.33. The fourth-order valence-electron chi connectivity index (χ4n) is 1.65. The summed E-state index contributed by atoms with van der Waals surface area (Å²) in [5, 5.41) is 0. The van der Waals surface area contributed by atoms with Gasteiger partial charge in [-0.25, -0.2) is 9.78 Å². The number of nitrogens with zero attached hydrogens (tertiary/aromatic N) is 2. The fourth-order valence-corrected chi connectivity index (χ4v) is 1.79. The number of carbonyl (C=O) groups is 1. The predicted molar refractivity (Wildman–Crippen MR) is 62.2 cm³/mol. The third-order valence-electron chi connectivity index (χ3n) is 2.68. The van der Waals surface area contributed by atoms with Crippen molar-refractivity contribution >= 4 is 23.5 Å².